The fourth-order valence-electron chi connectivity index (χ4n) is 3.31. The Hall–Kier alpha value is -0.0800. The van der Waals surface area contributed by atoms with Crippen molar-refractivity contribution in [3.05, 3.63) is 0 Å². The lowest BCUT2D eigenvalue weighted by Gasteiger charge is -2.16. The summed E-state index contributed by atoms with van der Waals surface area (Å²) in [5, 5.41) is 0. The third-order valence-electron chi connectivity index (χ3n) is 4.83. The van der Waals surface area contributed by atoms with Crippen LogP contribution in [-0.2, 0) is 0 Å². The first-order chi connectivity index (χ1) is 10.7. The van der Waals surface area contributed by atoms with Gasteiger partial charge < -0.3 is 11.5 Å². The van der Waals surface area contributed by atoms with Crippen LogP contribution in [0.5, 0.6) is 0 Å². The Morgan fingerprint density at radius 1 is 0.500 bits per heavy atom. The molecular formula is C20H44N2. The van der Waals surface area contributed by atoms with Crippen molar-refractivity contribution in [3.8, 4) is 0 Å². The van der Waals surface area contributed by atoms with Gasteiger partial charge in [0.15, 0.2) is 0 Å². The summed E-state index contributed by atoms with van der Waals surface area (Å²) in [6.07, 6.45) is 21.9. The van der Waals surface area contributed by atoms with Crippen molar-refractivity contribution in [2.24, 2.45) is 17.4 Å². The largest absolute Gasteiger partial charge is 0.316 e. The highest BCUT2D eigenvalue weighted by molar-refractivity contribution is 4.62. The van der Waals surface area contributed by atoms with E-state index in [1.54, 1.807) is 0 Å². The van der Waals surface area contributed by atoms with Crippen molar-refractivity contribution in [2.45, 2.75) is 123 Å². The molecule has 134 valence electrons. The quantitative estimate of drug-likeness (QED) is 0.251. The summed E-state index contributed by atoms with van der Waals surface area (Å²) in [6.45, 7) is 4.60. The minimum atomic E-state index is -0.108. The lowest BCUT2D eigenvalue weighted by atomic mass is 9.90. The van der Waals surface area contributed by atoms with E-state index in [9.17, 15) is 0 Å². The first-order valence-electron chi connectivity index (χ1n) is 10.2. The van der Waals surface area contributed by atoms with Crippen LogP contribution in [0.1, 0.15) is 117 Å². The highest BCUT2D eigenvalue weighted by Crippen LogP contribution is 2.23. The average Bonchev–Trinajstić information content (AvgIpc) is 2.50. The monoisotopic (exact) mass is 312 g/mol. The third kappa shape index (κ3) is 16.3. The van der Waals surface area contributed by atoms with E-state index in [-0.39, 0.29) is 6.17 Å². The van der Waals surface area contributed by atoms with Gasteiger partial charge in [-0.1, -0.05) is 110 Å². The highest BCUT2D eigenvalue weighted by atomic mass is 14.8. The lowest BCUT2D eigenvalue weighted by molar-refractivity contribution is 0.370. The first kappa shape index (κ1) is 21.9. The van der Waals surface area contributed by atoms with E-state index in [0.29, 0.717) is 0 Å². The number of unbranched alkanes of at least 4 members (excludes halogenated alkanes) is 9. The van der Waals surface area contributed by atoms with Crippen LogP contribution < -0.4 is 11.5 Å². The standard InChI is InChI=1S/C20H44N2/c1-3-5-7-8-9-10-12-16-19(15-6-4-2)17-13-11-14-18-20(21)22/h19-20H,3-18,21-22H2,1-2H3. The van der Waals surface area contributed by atoms with E-state index in [1.807, 2.05) is 0 Å². The maximum atomic E-state index is 5.60. The molecule has 0 fully saturated rings. The van der Waals surface area contributed by atoms with Crippen molar-refractivity contribution < 1.29 is 0 Å². The number of nitrogens with two attached hydrogens (primary N) is 2. The Morgan fingerprint density at radius 3 is 1.45 bits per heavy atom. The topological polar surface area (TPSA) is 52.0 Å². The molecule has 0 aliphatic carbocycles. The van der Waals surface area contributed by atoms with E-state index in [1.165, 1.54) is 96.3 Å². The van der Waals surface area contributed by atoms with E-state index in [0.717, 1.165) is 12.3 Å². The van der Waals surface area contributed by atoms with Crippen LogP contribution in [-0.4, -0.2) is 6.17 Å². The Balaban J connectivity index is 3.60. The van der Waals surface area contributed by atoms with Gasteiger partial charge in [0.05, 0.1) is 6.17 Å². The Kier molecular flexibility index (Phi) is 17.2. The highest BCUT2D eigenvalue weighted by Gasteiger charge is 2.08. The minimum absolute atomic E-state index is 0.108. The van der Waals surface area contributed by atoms with Crippen LogP contribution in [0.2, 0.25) is 0 Å². The molecule has 1 atom stereocenters. The first-order valence-corrected chi connectivity index (χ1v) is 10.2. The molecule has 2 heteroatoms. The van der Waals surface area contributed by atoms with Crippen LogP contribution in [0.15, 0.2) is 0 Å². The van der Waals surface area contributed by atoms with Gasteiger partial charge in [-0.25, -0.2) is 0 Å². The summed E-state index contributed by atoms with van der Waals surface area (Å²) in [4.78, 5) is 0. The molecule has 1 unspecified atom stereocenters. The minimum Gasteiger partial charge on any atom is -0.316 e. The van der Waals surface area contributed by atoms with Gasteiger partial charge in [-0.3, -0.25) is 0 Å². The second kappa shape index (κ2) is 17.3. The van der Waals surface area contributed by atoms with Crippen LogP contribution in [0, 0.1) is 5.92 Å². The smallest absolute Gasteiger partial charge is 0.0520 e. The molecule has 0 saturated heterocycles. The molecule has 0 aromatic carbocycles. The maximum absolute atomic E-state index is 5.60. The summed E-state index contributed by atoms with van der Waals surface area (Å²) in [6, 6.07) is 0. The molecule has 0 radical (unpaired) electrons. The molecule has 0 aromatic heterocycles. The third-order valence-corrected chi connectivity index (χ3v) is 4.83. The van der Waals surface area contributed by atoms with Gasteiger partial charge in [0.25, 0.3) is 0 Å². The molecule has 22 heavy (non-hydrogen) atoms. The van der Waals surface area contributed by atoms with Gasteiger partial charge in [0.2, 0.25) is 0 Å². The molecule has 2 nitrogen and oxygen atoms in total. The van der Waals surface area contributed by atoms with Crippen LogP contribution >= 0.6 is 0 Å². The van der Waals surface area contributed by atoms with Gasteiger partial charge in [-0.15, -0.1) is 0 Å². The van der Waals surface area contributed by atoms with Crippen molar-refractivity contribution >= 4 is 0 Å². The zero-order valence-corrected chi connectivity index (χ0v) is 15.6. The van der Waals surface area contributed by atoms with Crippen molar-refractivity contribution in [3.63, 3.8) is 0 Å². The molecule has 0 saturated carbocycles. The molecule has 0 aliphatic heterocycles. The van der Waals surface area contributed by atoms with Gasteiger partial charge >= 0.3 is 0 Å². The van der Waals surface area contributed by atoms with Gasteiger partial charge in [-0.05, 0) is 12.3 Å². The van der Waals surface area contributed by atoms with Gasteiger partial charge in [-0.2, -0.15) is 0 Å². The summed E-state index contributed by atoms with van der Waals surface area (Å²) in [5.41, 5.74) is 11.2. The van der Waals surface area contributed by atoms with Crippen LogP contribution in [0.3, 0.4) is 0 Å². The summed E-state index contributed by atoms with van der Waals surface area (Å²) in [5.74, 6) is 0.974. The Labute approximate surface area is 140 Å². The van der Waals surface area contributed by atoms with Crippen LogP contribution in [0.4, 0.5) is 0 Å². The number of rotatable bonds is 17. The molecule has 0 bridgehead atoms. The maximum Gasteiger partial charge on any atom is 0.0520 e. The zero-order valence-electron chi connectivity index (χ0n) is 15.6. The Morgan fingerprint density at radius 2 is 0.909 bits per heavy atom. The van der Waals surface area contributed by atoms with Gasteiger partial charge in [0.1, 0.15) is 0 Å². The number of hydrogen-bond donors (Lipinski definition) is 2. The molecule has 0 aliphatic rings. The molecular weight excluding hydrogens is 268 g/mol. The normalized spacial score (nSPS) is 13.0. The predicted octanol–water partition coefficient (Wildman–Crippen LogP) is 6.13. The van der Waals surface area contributed by atoms with E-state index < -0.39 is 0 Å². The fourth-order valence-corrected chi connectivity index (χ4v) is 3.31. The van der Waals surface area contributed by atoms with Crippen molar-refractivity contribution in [2.75, 3.05) is 0 Å². The number of hydrogen-bond acceptors (Lipinski definition) is 2. The summed E-state index contributed by atoms with van der Waals surface area (Å²) in [7, 11) is 0. The lowest BCUT2D eigenvalue weighted by Crippen LogP contribution is -2.29. The molecule has 4 N–H and O–H groups in total. The predicted molar refractivity (Wildman–Crippen MR) is 101 cm³/mol. The van der Waals surface area contributed by atoms with E-state index in [2.05, 4.69) is 13.8 Å². The fraction of sp³-hybridized carbons (Fsp3) is 1.00. The zero-order chi connectivity index (χ0) is 16.5. The molecule has 0 spiro atoms. The van der Waals surface area contributed by atoms with Gasteiger partial charge in [0, 0.05) is 0 Å². The molecule has 0 rings (SSSR count). The van der Waals surface area contributed by atoms with Crippen LogP contribution in [0.25, 0.3) is 0 Å². The second-order valence-electron chi connectivity index (χ2n) is 7.22. The summed E-state index contributed by atoms with van der Waals surface area (Å²) < 4.78 is 0. The van der Waals surface area contributed by atoms with Crippen molar-refractivity contribution in [1.82, 2.24) is 0 Å². The second-order valence-corrected chi connectivity index (χ2v) is 7.22. The average molecular weight is 313 g/mol. The molecule has 0 heterocycles. The molecule has 0 aromatic rings. The van der Waals surface area contributed by atoms with E-state index >= 15 is 0 Å². The molecule has 0 amide bonds. The SMILES string of the molecule is CCCCCCCCCC(CCCC)CCCCCC(N)N. The van der Waals surface area contributed by atoms with E-state index in [4.69, 9.17) is 11.5 Å². The summed E-state index contributed by atoms with van der Waals surface area (Å²) >= 11 is 0. The Bertz CT molecular complexity index is 204. The van der Waals surface area contributed by atoms with Crippen molar-refractivity contribution in [1.29, 1.82) is 0 Å².